The topological polar surface area (TPSA) is 58.2 Å². The summed E-state index contributed by atoms with van der Waals surface area (Å²) in [7, 11) is 0. The smallest absolute Gasteiger partial charge is 0.269 e. The first-order valence-electron chi connectivity index (χ1n) is 5.64. The van der Waals surface area contributed by atoms with E-state index < -0.39 is 0 Å². The van der Waals surface area contributed by atoms with Crippen molar-refractivity contribution in [2.75, 3.05) is 5.75 Å². The van der Waals surface area contributed by atoms with Crippen molar-refractivity contribution in [3.8, 4) is 0 Å². The fourth-order valence-corrected chi connectivity index (χ4v) is 2.94. The molecule has 0 unspecified atom stereocenters. The monoisotopic (exact) mass is 284 g/mol. The Bertz CT molecular complexity index is 444. The predicted molar refractivity (Wildman–Crippen MR) is 72.5 cm³/mol. The average Bonchev–Trinajstić information content (AvgIpc) is 2.90. The summed E-state index contributed by atoms with van der Waals surface area (Å²) in [4.78, 5) is 23.4. The second kappa shape index (κ2) is 6.11. The molecule has 0 radical (unpaired) electrons. The van der Waals surface area contributed by atoms with Crippen molar-refractivity contribution in [3.63, 3.8) is 0 Å². The molecule has 1 aromatic carbocycles. The van der Waals surface area contributed by atoms with Crippen molar-refractivity contribution >= 4 is 35.2 Å². The summed E-state index contributed by atoms with van der Waals surface area (Å²) in [6.07, 6.45) is 1.92. The van der Waals surface area contributed by atoms with Gasteiger partial charge in [-0.2, -0.15) is 0 Å². The Balaban J connectivity index is 1.84. The molecule has 0 saturated carbocycles. The SMILES string of the molecule is O=C(NNC(=O)[C@@H]1CCCS1)c1ccc(Cl)cc1. The molecule has 1 fully saturated rings. The zero-order chi connectivity index (χ0) is 13.0. The highest BCUT2D eigenvalue weighted by atomic mass is 35.5. The number of carbonyl (C=O) groups excluding carboxylic acids is 2. The Hall–Kier alpha value is -1.20. The third kappa shape index (κ3) is 3.40. The van der Waals surface area contributed by atoms with Crippen LogP contribution in [-0.2, 0) is 4.79 Å². The average molecular weight is 285 g/mol. The van der Waals surface area contributed by atoms with Crippen LogP contribution in [0.4, 0.5) is 0 Å². The first kappa shape index (κ1) is 13.2. The van der Waals surface area contributed by atoms with Gasteiger partial charge in [-0.1, -0.05) is 11.6 Å². The molecule has 96 valence electrons. The van der Waals surface area contributed by atoms with E-state index in [4.69, 9.17) is 11.6 Å². The van der Waals surface area contributed by atoms with Gasteiger partial charge >= 0.3 is 0 Å². The largest absolute Gasteiger partial charge is 0.272 e. The molecule has 0 spiro atoms. The minimum absolute atomic E-state index is 0.0458. The Morgan fingerprint density at radius 2 is 1.94 bits per heavy atom. The number of nitrogens with one attached hydrogen (secondary N) is 2. The lowest BCUT2D eigenvalue weighted by atomic mass is 10.2. The van der Waals surface area contributed by atoms with E-state index in [1.165, 1.54) is 0 Å². The van der Waals surface area contributed by atoms with E-state index in [9.17, 15) is 9.59 Å². The van der Waals surface area contributed by atoms with Crippen LogP contribution < -0.4 is 10.9 Å². The summed E-state index contributed by atoms with van der Waals surface area (Å²) in [6, 6.07) is 6.47. The van der Waals surface area contributed by atoms with Gasteiger partial charge in [-0.3, -0.25) is 20.4 Å². The van der Waals surface area contributed by atoms with Crippen LogP contribution in [0.1, 0.15) is 23.2 Å². The van der Waals surface area contributed by atoms with E-state index in [2.05, 4.69) is 10.9 Å². The second-order valence-electron chi connectivity index (χ2n) is 3.95. The molecule has 18 heavy (non-hydrogen) atoms. The molecule has 0 bridgehead atoms. The van der Waals surface area contributed by atoms with Gasteiger partial charge in [0, 0.05) is 10.6 Å². The fraction of sp³-hybridized carbons (Fsp3) is 0.333. The fourth-order valence-electron chi connectivity index (χ4n) is 1.66. The molecular weight excluding hydrogens is 272 g/mol. The highest BCUT2D eigenvalue weighted by Gasteiger charge is 2.23. The van der Waals surface area contributed by atoms with Crippen LogP contribution in [0, 0.1) is 0 Å². The molecule has 2 N–H and O–H groups in total. The quantitative estimate of drug-likeness (QED) is 0.817. The van der Waals surface area contributed by atoms with E-state index in [-0.39, 0.29) is 17.1 Å². The number of halogens is 1. The van der Waals surface area contributed by atoms with Gasteiger partial charge in [-0.05, 0) is 42.9 Å². The summed E-state index contributed by atoms with van der Waals surface area (Å²) in [5, 5.41) is 0.522. The second-order valence-corrected chi connectivity index (χ2v) is 5.70. The summed E-state index contributed by atoms with van der Waals surface area (Å²) in [5.74, 6) is 0.520. The summed E-state index contributed by atoms with van der Waals surface area (Å²) in [5.41, 5.74) is 5.30. The minimum Gasteiger partial charge on any atom is -0.272 e. The highest BCUT2D eigenvalue weighted by Crippen LogP contribution is 2.25. The van der Waals surface area contributed by atoms with Gasteiger partial charge in [0.15, 0.2) is 0 Å². The molecule has 0 aromatic heterocycles. The van der Waals surface area contributed by atoms with Crippen LogP contribution in [0.15, 0.2) is 24.3 Å². The summed E-state index contributed by atoms with van der Waals surface area (Å²) >= 11 is 7.34. The van der Waals surface area contributed by atoms with Crippen molar-refractivity contribution in [2.45, 2.75) is 18.1 Å². The van der Waals surface area contributed by atoms with E-state index in [0.29, 0.717) is 10.6 Å². The standard InChI is InChI=1S/C12H13ClN2O2S/c13-9-5-3-8(4-6-9)11(16)14-15-12(17)10-2-1-7-18-10/h3-6,10H,1-2,7H2,(H,14,16)(H,15,17)/t10-/m0/s1. The zero-order valence-electron chi connectivity index (χ0n) is 9.61. The maximum atomic E-state index is 11.7. The third-order valence-corrected chi connectivity index (χ3v) is 4.26. The molecule has 1 aliphatic rings. The van der Waals surface area contributed by atoms with E-state index in [1.807, 2.05) is 0 Å². The number of benzene rings is 1. The van der Waals surface area contributed by atoms with Crippen molar-refractivity contribution in [1.29, 1.82) is 0 Å². The number of hydrogen-bond acceptors (Lipinski definition) is 3. The summed E-state index contributed by atoms with van der Waals surface area (Å²) in [6.45, 7) is 0. The van der Waals surface area contributed by atoms with Crippen LogP contribution in [0.3, 0.4) is 0 Å². The Morgan fingerprint density at radius 3 is 2.56 bits per heavy atom. The van der Waals surface area contributed by atoms with Crippen molar-refractivity contribution < 1.29 is 9.59 Å². The zero-order valence-corrected chi connectivity index (χ0v) is 11.2. The molecule has 1 aliphatic heterocycles. The molecule has 2 amide bonds. The Kier molecular flexibility index (Phi) is 4.49. The van der Waals surface area contributed by atoms with Crippen LogP contribution >= 0.6 is 23.4 Å². The number of rotatable bonds is 2. The molecule has 6 heteroatoms. The Morgan fingerprint density at radius 1 is 1.22 bits per heavy atom. The molecule has 1 saturated heterocycles. The molecule has 1 aromatic rings. The maximum absolute atomic E-state index is 11.7. The predicted octanol–water partition coefficient (Wildman–Crippen LogP) is 2.00. The van der Waals surface area contributed by atoms with Gasteiger partial charge in [-0.15, -0.1) is 11.8 Å². The molecule has 0 aliphatic carbocycles. The van der Waals surface area contributed by atoms with Gasteiger partial charge in [-0.25, -0.2) is 0 Å². The lowest BCUT2D eigenvalue weighted by molar-refractivity contribution is -0.121. The first-order valence-corrected chi connectivity index (χ1v) is 7.07. The van der Waals surface area contributed by atoms with Crippen LogP contribution in [0.5, 0.6) is 0 Å². The third-order valence-electron chi connectivity index (χ3n) is 2.63. The van der Waals surface area contributed by atoms with E-state index >= 15 is 0 Å². The maximum Gasteiger partial charge on any atom is 0.269 e. The number of thioether (sulfide) groups is 1. The van der Waals surface area contributed by atoms with Crippen molar-refractivity contribution in [2.24, 2.45) is 0 Å². The van der Waals surface area contributed by atoms with Gasteiger partial charge in [0.25, 0.3) is 11.8 Å². The number of carbonyl (C=O) groups is 2. The lowest BCUT2D eigenvalue weighted by Crippen LogP contribution is -2.45. The molecule has 1 atom stereocenters. The lowest BCUT2D eigenvalue weighted by Gasteiger charge is -2.10. The first-order chi connectivity index (χ1) is 8.66. The highest BCUT2D eigenvalue weighted by molar-refractivity contribution is 8.00. The minimum atomic E-state index is -0.344. The van der Waals surface area contributed by atoms with Crippen LogP contribution in [0.25, 0.3) is 0 Å². The van der Waals surface area contributed by atoms with Crippen LogP contribution in [0.2, 0.25) is 5.02 Å². The van der Waals surface area contributed by atoms with Crippen molar-refractivity contribution in [1.82, 2.24) is 10.9 Å². The van der Waals surface area contributed by atoms with Gasteiger partial charge in [0.1, 0.15) is 0 Å². The summed E-state index contributed by atoms with van der Waals surface area (Å²) < 4.78 is 0. The van der Waals surface area contributed by atoms with E-state index in [0.717, 1.165) is 18.6 Å². The molecule has 1 heterocycles. The van der Waals surface area contributed by atoms with Gasteiger partial charge in [0.2, 0.25) is 0 Å². The molecule has 2 rings (SSSR count). The molecular formula is C12H13ClN2O2S. The van der Waals surface area contributed by atoms with E-state index in [1.54, 1.807) is 36.0 Å². The normalized spacial score (nSPS) is 18.4. The van der Waals surface area contributed by atoms with Crippen molar-refractivity contribution in [3.05, 3.63) is 34.9 Å². The number of amides is 2. The van der Waals surface area contributed by atoms with Gasteiger partial charge in [0.05, 0.1) is 5.25 Å². The number of hydrazine groups is 1. The van der Waals surface area contributed by atoms with Gasteiger partial charge < -0.3 is 0 Å². The Labute approximate surface area is 114 Å². The van der Waals surface area contributed by atoms with Crippen LogP contribution in [-0.4, -0.2) is 22.8 Å². The molecule has 4 nitrogen and oxygen atoms in total. The number of hydrogen-bond donors (Lipinski definition) is 2.